The summed E-state index contributed by atoms with van der Waals surface area (Å²) in [5.41, 5.74) is 2.18. The molecule has 0 fully saturated rings. The molecule has 2 aromatic heterocycles. The van der Waals surface area contributed by atoms with Gasteiger partial charge in [0.15, 0.2) is 5.82 Å². The number of aromatic nitrogens is 5. The quantitative estimate of drug-likeness (QED) is 0.768. The second-order valence-corrected chi connectivity index (χ2v) is 5.79. The summed E-state index contributed by atoms with van der Waals surface area (Å²) in [6, 6.07) is 9.89. The molecule has 0 saturated heterocycles. The van der Waals surface area contributed by atoms with E-state index in [2.05, 4.69) is 25.5 Å². The van der Waals surface area contributed by atoms with Crippen LogP contribution in [0.2, 0.25) is 0 Å². The number of nitrogens with one attached hydrogen (secondary N) is 1. The van der Waals surface area contributed by atoms with Gasteiger partial charge in [-0.1, -0.05) is 30.3 Å². The molecule has 1 aromatic carbocycles. The Morgan fingerprint density at radius 2 is 1.92 bits per heavy atom. The van der Waals surface area contributed by atoms with Crippen LogP contribution in [0.5, 0.6) is 0 Å². The maximum Gasteiger partial charge on any atom is 0.254 e. The van der Waals surface area contributed by atoms with E-state index >= 15 is 0 Å². The van der Waals surface area contributed by atoms with Crippen molar-refractivity contribution in [3.63, 3.8) is 0 Å². The highest BCUT2D eigenvalue weighted by Crippen LogP contribution is 2.16. The summed E-state index contributed by atoms with van der Waals surface area (Å²) in [5.74, 6) is 2.10. The van der Waals surface area contributed by atoms with Crippen LogP contribution in [0, 0.1) is 13.8 Å². The third kappa shape index (κ3) is 3.71. The number of nitrogens with zero attached hydrogens (tertiary/aromatic N) is 5. The molecule has 0 bridgehead atoms. The van der Waals surface area contributed by atoms with Gasteiger partial charge >= 0.3 is 0 Å². The van der Waals surface area contributed by atoms with E-state index in [1.807, 2.05) is 41.9 Å². The molecular weight excluding hydrogens is 316 g/mol. The lowest BCUT2D eigenvalue weighted by atomic mass is 10.2. The summed E-state index contributed by atoms with van der Waals surface area (Å²) in [5, 5.41) is 11.4. The predicted molar refractivity (Wildman–Crippen MR) is 94.0 cm³/mol. The largest absolute Gasteiger partial charge is 0.351 e. The number of benzene rings is 1. The molecule has 0 aliphatic rings. The van der Waals surface area contributed by atoms with Crippen LogP contribution in [0.25, 0.3) is 11.4 Å². The standard InChI is InChI=1S/C18H20N6O/c1-12-15(11-20-13(2)21-12)18(25)19-10-9-16-22-23-17(24(16)3)14-7-5-4-6-8-14/h4-8,11H,9-10H2,1-3H3,(H,19,25). The zero-order valence-electron chi connectivity index (χ0n) is 14.5. The number of hydrogen-bond acceptors (Lipinski definition) is 5. The van der Waals surface area contributed by atoms with Crippen LogP contribution in [0.4, 0.5) is 0 Å². The van der Waals surface area contributed by atoms with E-state index in [1.54, 1.807) is 20.0 Å². The van der Waals surface area contributed by atoms with Crippen LogP contribution in [0.3, 0.4) is 0 Å². The maximum atomic E-state index is 12.2. The number of hydrogen-bond donors (Lipinski definition) is 1. The lowest BCUT2D eigenvalue weighted by molar-refractivity contribution is 0.0952. The van der Waals surface area contributed by atoms with Crippen molar-refractivity contribution in [3.8, 4) is 11.4 Å². The third-order valence-corrected chi connectivity index (χ3v) is 3.98. The highest BCUT2D eigenvalue weighted by atomic mass is 16.1. The first kappa shape index (κ1) is 16.8. The zero-order chi connectivity index (χ0) is 17.8. The first-order valence-corrected chi connectivity index (χ1v) is 8.08. The first-order valence-electron chi connectivity index (χ1n) is 8.08. The minimum atomic E-state index is -0.178. The Hall–Kier alpha value is -3.09. The van der Waals surface area contributed by atoms with Crippen LogP contribution >= 0.6 is 0 Å². The van der Waals surface area contributed by atoms with E-state index in [0.717, 1.165) is 17.2 Å². The molecule has 0 radical (unpaired) electrons. The van der Waals surface area contributed by atoms with E-state index in [0.29, 0.717) is 30.0 Å². The van der Waals surface area contributed by atoms with Gasteiger partial charge in [0, 0.05) is 31.8 Å². The fourth-order valence-corrected chi connectivity index (χ4v) is 2.61. The molecular formula is C18H20N6O. The van der Waals surface area contributed by atoms with Crippen molar-refractivity contribution >= 4 is 5.91 Å². The molecule has 1 amide bonds. The molecule has 0 aliphatic carbocycles. The van der Waals surface area contributed by atoms with Gasteiger partial charge in [-0.2, -0.15) is 0 Å². The van der Waals surface area contributed by atoms with Crippen LogP contribution < -0.4 is 5.32 Å². The van der Waals surface area contributed by atoms with Gasteiger partial charge in [0.25, 0.3) is 5.91 Å². The number of carbonyl (C=O) groups excluding carboxylic acids is 1. The van der Waals surface area contributed by atoms with Gasteiger partial charge in [0.05, 0.1) is 11.3 Å². The number of carbonyl (C=O) groups is 1. The van der Waals surface area contributed by atoms with Crippen molar-refractivity contribution in [2.24, 2.45) is 7.05 Å². The maximum absolute atomic E-state index is 12.2. The van der Waals surface area contributed by atoms with Gasteiger partial charge in [-0.15, -0.1) is 10.2 Å². The van der Waals surface area contributed by atoms with E-state index < -0.39 is 0 Å². The normalized spacial score (nSPS) is 10.7. The molecule has 2 heterocycles. The van der Waals surface area contributed by atoms with Crippen LogP contribution in [-0.2, 0) is 13.5 Å². The van der Waals surface area contributed by atoms with E-state index in [9.17, 15) is 4.79 Å². The van der Waals surface area contributed by atoms with E-state index in [-0.39, 0.29) is 5.91 Å². The van der Waals surface area contributed by atoms with Crippen molar-refractivity contribution in [1.29, 1.82) is 0 Å². The van der Waals surface area contributed by atoms with E-state index in [4.69, 9.17) is 0 Å². The van der Waals surface area contributed by atoms with Crippen molar-refractivity contribution in [2.75, 3.05) is 6.54 Å². The topological polar surface area (TPSA) is 85.6 Å². The Labute approximate surface area is 146 Å². The lowest BCUT2D eigenvalue weighted by Gasteiger charge is -2.07. The molecule has 3 aromatic rings. The summed E-state index contributed by atoms with van der Waals surface area (Å²) >= 11 is 0. The number of amides is 1. The van der Waals surface area contributed by atoms with Gasteiger partial charge in [-0.3, -0.25) is 4.79 Å². The van der Waals surface area contributed by atoms with E-state index in [1.165, 1.54) is 0 Å². The fourth-order valence-electron chi connectivity index (χ4n) is 2.61. The van der Waals surface area contributed by atoms with Crippen molar-refractivity contribution < 1.29 is 4.79 Å². The Kier molecular flexibility index (Phi) is 4.83. The van der Waals surface area contributed by atoms with Gasteiger partial charge in [0.2, 0.25) is 0 Å². The summed E-state index contributed by atoms with van der Waals surface area (Å²) < 4.78 is 1.95. The Morgan fingerprint density at radius 3 is 2.64 bits per heavy atom. The van der Waals surface area contributed by atoms with Crippen molar-refractivity contribution in [1.82, 2.24) is 30.0 Å². The molecule has 0 spiro atoms. The average molecular weight is 336 g/mol. The van der Waals surface area contributed by atoms with Gasteiger partial charge in [-0.25, -0.2) is 9.97 Å². The van der Waals surface area contributed by atoms with Crippen molar-refractivity contribution in [2.45, 2.75) is 20.3 Å². The minimum Gasteiger partial charge on any atom is -0.351 e. The fraction of sp³-hybridized carbons (Fsp3) is 0.278. The average Bonchev–Trinajstić information content (AvgIpc) is 2.96. The number of rotatable bonds is 5. The van der Waals surface area contributed by atoms with Crippen LogP contribution in [-0.4, -0.2) is 37.2 Å². The summed E-state index contributed by atoms with van der Waals surface area (Å²) in [6.07, 6.45) is 2.15. The highest BCUT2D eigenvalue weighted by Gasteiger charge is 2.13. The van der Waals surface area contributed by atoms with Crippen LogP contribution in [0.1, 0.15) is 27.7 Å². The second-order valence-electron chi connectivity index (χ2n) is 5.79. The molecule has 0 atom stereocenters. The molecule has 0 unspecified atom stereocenters. The van der Waals surface area contributed by atoms with Gasteiger partial charge < -0.3 is 9.88 Å². The van der Waals surface area contributed by atoms with Gasteiger partial charge in [0.1, 0.15) is 11.6 Å². The van der Waals surface area contributed by atoms with Crippen LogP contribution in [0.15, 0.2) is 36.5 Å². The second kappa shape index (κ2) is 7.21. The minimum absolute atomic E-state index is 0.178. The molecule has 7 nitrogen and oxygen atoms in total. The smallest absolute Gasteiger partial charge is 0.254 e. The summed E-state index contributed by atoms with van der Waals surface area (Å²) in [4.78, 5) is 20.5. The molecule has 7 heteroatoms. The molecule has 1 N–H and O–H groups in total. The highest BCUT2D eigenvalue weighted by molar-refractivity contribution is 5.94. The molecule has 3 rings (SSSR count). The third-order valence-electron chi connectivity index (χ3n) is 3.98. The van der Waals surface area contributed by atoms with Crippen molar-refractivity contribution in [3.05, 3.63) is 59.4 Å². The molecule has 128 valence electrons. The first-order chi connectivity index (χ1) is 12.1. The lowest BCUT2D eigenvalue weighted by Crippen LogP contribution is -2.27. The summed E-state index contributed by atoms with van der Waals surface area (Å²) in [7, 11) is 1.93. The summed E-state index contributed by atoms with van der Waals surface area (Å²) in [6.45, 7) is 4.07. The predicted octanol–water partition coefficient (Wildman–Crippen LogP) is 1.86. The molecule has 0 saturated carbocycles. The monoisotopic (exact) mass is 336 g/mol. The Bertz CT molecular complexity index is 888. The van der Waals surface area contributed by atoms with Gasteiger partial charge in [-0.05, 0) is 13.8 Å². The Morgan fingerprint density at radius 1 is 1.16 bits per heavy atom. The SMILES string of the molecule is Cc1ncc(C(=O)NCCc2nnc(-c3ccccc3)n2C)c(C)n1. The zero-order valence-corrected chi connectivity index (χ0v) is 14.5. The molecule has 0 aliphatic heterocycles. The molecule has 25 heavy (non-hydrogen) atoms. The number of aryl methyl sites for hydroxylation is 2. The Balaban J connectivity index is 1.63.